The van der Waals surface area contributed by atoms with E-state index >= 15 is 0 Å². The van der Waals surface area contributed by atoms with Crippen molar-refractivity contribution in [3.8, 4) is 16.9 Å². The third-order valence-electron chi connectivity index (χ3n) is 7.72. The van der Waals surface area contributed by atoms with Crippen LogP contribution in [0.4, 0.5) is 14.5 Å². The van der Waals surface area contributed by atoms with Gasteiger partial charge in [0.2, 0.25) is 0 Å². The number of anilines is 1. The molecule has 41 heavy (non-hydrogen) atoms. The minimum Gasteiger partial charge on any atom is -0.496 e. The van der Waals surface area contributed by atoms with Crippen molar-refractivity contribution < 1.29 is 22.5 Å². The van der Waals surface area contributed by atoms with Gasteiger partial charge in [-0.3, -0.25) is 9.10 Å². The number of nitrogens with zero attached hydrogens (tertiary/aromatic N) is 2. The number of hydrogen-bond donors (Lipinski definition) is 0. The molecule has 0 spiro atoms. The van der Waals surface area contributed by atoms with Gasteiger partial charge in [0, 0.05) is 37.1 Å². The highest BCUT2D eigenvalue weighted by molar-refractivity contribution is 7.85. The van der Waals surface area contributed by atoms with Crippen LogP contribution in [0, 0.1) is 11.6 Å². The SMILES string of the molecule is COc1ccc(-c2ccc(N(C)S(C)=O)cc2)cc1CN(C(=O)c1sc2c(F)ccc(F)c2c1Cl)C1CCCCC1. The molecule has 0 saturated heterocycles. The third kappa shape index (κ3) is 5.98. The van der Waals surface area contributed by atoms with Gasteiger partial charge in [-0.05, 0) is 60.4 Å². The summed E-state index contributed by atoms with van der Waals surface area (Å²) >= 11 is 7.44. The Morgan fingerprint density at radius 3 is 2.32 bits per heavy atom. The first-order valence-corrected chi connectivity index (χ1v) is 16.1. The molecule has 1 amide bonds. The fraction of sp³-hybridized carbons (Fsp3) is 0.323. The van der Waals surface area contributed by atoms with Crippen molar-refractivity contribution in [3.63, 3.8) is 0 Å². The normalized spacial score (nSPS) is 14.7. The summed E-state index contributed by atoms with van der Waals surface area (Å²) in [6.07, 6.45) is 6.41. The molecule has 4 aromatic rings. The smallest absolute Gasteiger partial charge is 0.266 e. The standard InChI is InChI=1S/C31H31ClF2N2O3S2/c1-35(41(3)38)22-12-9-19(10-13-22)20-11-16-26(39-2)21(17-20)18-36(23-7-5-4-6-8-23)31(37)30-28(32)27-24(33)14-15-25(34)29(27)40-30/h9-17,23H,4-8,18H2,1-3H3. The zero-order valence-electron chi connectivity index (χ0n) is 23.1. The molecule has 1 unspecified atom stereocenters. The van der Waals surface area contributed by atoms with Gasteiger partial charge in [-0.1, -0.05) is 49.1 Å². The van der Waals surface area contributed by atoms with E-state index in [-0.39, 0.29) is 38.5 Å². The van der Waals surface area contributed by atoms with Crippen LogP contribution in [0.25, 0.3) is 21.2 Å². The summed E-state index contributed by atoms with van der Waals surface area (Å²) in [7, 11) is 2.24. The minimum atomic E-state index is -1.13. The minimum absolute atomic E-state index is 0.0367. The number of ether oxygens (including phenoxy) is 1. The van der Waals surface area contributed by atoms with Crippen molar-refractivity contribution in [2.24, 2.45) is 0 Å². The van der Waals surface area contributed by atoms with Crippen LogP contribution in [0.3, 0.4) is 0 Å². The molecule has 10 heteroatoms. The van der Waals surface area contributed by atoms with E-state index in [0.29, 0.717) is 5.75 Å². The molecule has 1 aromatic heterocycles. The Labute approximate surface area is 250 Å². The molecule has 1 saturated carbocycles. The second kappa shape index (κ2) is 12.5. The maximum absolute atomic E-state index is 14.6. The van der Waals surface area contributed by atoms with E-state index in [1.54, 1.807) is 29.6 Å². The van der Waals surface area contributed by atoms with Crippen LogP contribution in [0.1, 0.15) is 47.3 Å². The van der Waals surface area contributed by atoms with Gasteiger partial charge in [0.05, 0.1) is 22.2 Å². The Bertz CT molecular complexity index is 1600. The van der Waals surface area contributed by atoms with Crippen LogP contribution in [0.15, 0.2) is 54.6 Å². The molecule has 1 heterocycles. The molecule has 5 rings (SSSR count). The summed E-state index contributed by atoms with van der Waals surface area (Å²) in [4.78, 5) is 16.0. The van der Waals surface area contributed by atoms with Gasteiger partial charge in [0.25, 0.3) is 5.91 Å². The molecular formula is C31H31ClF2N2O3S2. The number of benzene rings is 3. The number of halogens is 3. The Balaban J connectivity index is 1.52. The first-order valence-electron chi connectivity index (χ1n) is 13.4. The molecular weight excluding hydrogens is 586 g/mol. The van der Waals surface area contributed by atoms with E-state index in [9.17, 15) is 17.8 Å². The number of carbonyl (C=O) groups is 1. The van der Waals surface area contributed by atoms with E-state index in [1.165, 1.54) is 0 Å². The summed E-state index contributed by atoms with van der Waals surface area (Å²) < 4.78 is 48.5. The number of amides is 1. The molecule has 0 N–H and O–H groups in total. The van der Waals surface area contributed by atoms with Gasteiger partial charge in [-0.2, -0.15) is 0 Å². The topological polar surface area (TPSA) is 49.9 Å². The number of fused-ring (bicyclic) bond motifs is 1. The zero-order valence-corrected chi connectivity index (χ0v) is 25.5. The number of hydrogen-bond acceptors (Lipinski definition) is 4. The van der Waals surface area contributed by atoms with Crippen LogP contribution in [0.2, 0.25) is 5.02 Å². The maximum atomic E-state index is 14.6. The Morgan fingerprint density at radius 1 is 1.02 bits per heavy atom. The largest absolute Gasteiger partial charge is 0.496 e. The van der Waals surface area contributed by atoms with Gasteiger partial charge in [-0.25, -0.2) is 13.0 Å². The van der Waals surface area contributed by atoms with Gasteiger partial charge >= 0.3 is 0 Å². The number of methoxy groups -OCH3 is 1. The summed E-state index contributed by atoms with van der Waals surface area (Å²) in [6.45, 7) is 0.256. The Kier molecular flexibility index (Phi) is 8.97. The lowest BCUT2D eigenvalue weighted by Crippen LogP contribution is -2.40. The molecule has 0 radical (unpaired) electrons. The number of thiophene rings is 1. The van der Waals surface area contributed by atoms with Crippen LogP contribution in [-0.4, -0.2) is 41.5 Å². The van der Waals surface area contributed by atoms with E-state index in [2.05, 4.69) is 0 Å². The fourth-order valence-electron chi connectivity index (χ4n) is 5.40. The van der Waals surface area contributed by atoms with Crippen LogP contribution >= 0.6 is 22.9 Å². The van der Waals surface area contributed by atoms with Gasteiger partial charge in [0.15, 0.2) is 0 Å². The first-order chi connectivity index (χ1) is 19.7. The number of rotatable bonds is 8. The molecule has 3 aromatic carbocycles. The summed E-state index contributed by atoms with van der Waals surface area (Å²) in [5.74, 6) is -0.954. The second-order valence-corrected chi connectivity index (χ2v) is 13.0. The monoisotopic (exact) mass is 616 g/mol. The summed E-state index contributed by atoms with van der Waals surface area (Å²) in [5.41, 5.74) is 3.55. The lowest BCUT2D eigenvalue weighted by Gasteiger charge is -2.34. The maximum Gasteiger partial charge on any atom is 0.266 e. The third-order valence-corrected chi connectivity index (χ3v) is 10.4. The average Bonchev–Trinajstić information content (AvgIpc) is 3.35. The van der Waals surface area contributed by atoms with Gasteiger partial charge in [-0.15, -0.1) is 11.3 Å². The highest BCUT2D eigenvalue weighted by Gasteiger charge is 2.31. The Morgan fingerprint density at radius 2 is 1.68 bits per heavy atom. The second-order valence-electron chi connectivity index (χ2n) is 10.2. The fourth-order valence-corrected chi connectivity index (χ4v) is 7.33. The molecule has 1 fully saturated rings. The van der Waals surface area contributed by atoms with E-state index < -0.39 is 22.6 Å². The molecule has 0 aliphatic heterocycles. The first kappa shape index (κ1) is 29.5. The van der Waals surface area contributed by atoms with E-state index in [4.69, 9.17) is 16.3 Å². The Hall–Kier alpha value is -3.01. The summed E-state index contributed by atoms with van der Waals surface area (Å²) in [6, 6.07) is 15.7. The lowest BCUT2D eigenvalue weighted by molar-refractivity contribution is 0.0618. The molecule has 5 nitrogen and oxygen atoms in total. The predicted molar refractivity (Wildman–Crippen MR) is 164 cm³/mol. The quantitative estimate of drug-likeness (QED) is 0.200. The molecule has 1 aliphatic rings. The number of carbonyl (C=O) groups excluding carboxylic acids is 1. The molecule has 216 valence electrons. The van der Waals surface area contributed by atoms with E-state index in [0.717, 1.165) is 78.0 Å². The zero-order chi connectivity index (χ0) is 29.3. The highest BCUT2D eigenvalue weighted by atomic mass is 35.5. The molecule has 1 aliphatic carbocycles. The average molecular weight is 617 g/mol. The van der Waals surface area contributed by atoms with Crippen molar-refractivity contribution in [1.29, 1.82) is 0 Å². The van der Waals surface area contributed by atoms with Crippen LogP contribution < -0.4 is 9.04 Å². The van der Waals surface area contributed by atoms with Crippen molar-refractivity contribution >= 4 is 55.6 Å². The molecule has 1 atom stereocenters. The van der Waals surface area contributed by atoms with Crippen LogP contribution in [-0.2, 0) is 17.5 Å². The van der Waals surface area contributed by atoms with Gasteiger partial charge in [0.1, 0.15) is 33.2 Å². The summed E-state index contributed by atoms with van der Waals surface area (Å²) in [5, 5.41) is -0.101. The van der Waals surface area contributed by atoms with Crippen molar-refractivity contribution in [3.05, 3.63) is 81.7 Å². The lowest BCUT2D eigenvalue weighted by atomic mass is 9.93. The highest BCUT2D eigenvalue weighted by Crippen LogP contribution is 2.40. The molecule has 0 bridgehead atoms. The van der Waals surface area contributed by atoms with Crippen molar-refractivity contribution in [1.82, 2.24) is 4.90 Å². The predicted octanol–water partition coefficient (Wildman–Crippen LogP) is 8.21. The van der Waals surface area contributed by atoms with Gasteiger partial charge < -0.3 is 9.64 Å². The van der Waals surface area contributed by atoms with Crippen molar-refractivity contribution in [2.75, 3.05) is 24.7 Å². The van der Waals surface area contributed by atoms with E-state index in [1.807, 2.05) is 42.5 Å². The van der Waals surface area contributed by atoms with Crippen molar-refractivity contribution in [2.45, 2.75) is 44.7 Å². The van der Waals surface area contributed by atoms with Crippen LogP contribution in [0.5, 0.6) is 5.75 Å².